The molecule has 1 aromatic rings. The van der Waals surface area contributed by atoms with Gasteiger partial charge in [0.1, 0.15) is 6.04 Å². The number of carbonyl (C=O) groups is 2. The van der Waals surface area contributed by atoms with Crippen molar-refractivity contribution in [3.63, 3.8) is 0 Å². The highest BCUT2D eigenvalue weighted by Crippen LogP contribution is 2.23. The largest absolute Gasteiger partial charge is 0.480 e. The van der Waals surface area contributed by atoms with Crippen LogP contribution in [0.25, 0.3) is 0 Å². The maximum Gasteiger partial charge on any atom is 0.327 e. The van der Waals surface area contributed by atoms with E-state index in [1.165, 1.54) is 11.8 Å². The number of aliphatic carboxylic acids is 1. The highest BCUT2D eigenvalue weighted by molar-refractivity contribution is 9.10. The summed E-state index contributed by atoms with van der Waals surface area (Å²) in [6.45, 7) is 0. The standard InChI is InChI=1S/C12H12BrNO3S/c13-8-3-1-2-7(4-8)5-10-11(15)14-9(6-18-10)12(16)17/h1-4,9-10H,5-6H2,(H,14,15)(H,16,17)/t9-,10-/m0/s1. The van der Waals surface area contributed by atoms with Crippen molar-refractivity contribution in [3.05, 3.63) is 34.3 Å². The van der Waals surface area contributed by atoms with Crippen LogP contribution in [0.4, 0.5) is 0 Å². The molecule has 1 amide bonds. The molecule has 0 radical (unpaired) electrons. The summed E-state index contributed by atoms with van der Waals surface area (Å²) in [6, 6.07) is 7.02. The van der Waals surface area contributed by atoms with Gasteiger partial charge in [-0.2, -0.15) is 0 Å². The summed E-state index contributed by atoms with van der Waals surface area (Å²) < 4.78 is 0.977. The van der Waals surface area contributed by atoms with Crippen molar-refractivity contribution in [1.29, 1.82) is 0 Å². The zero-order chi connectivity index (χ0) is 13.1. The normalized spacial score (nSPS) is 23.5. The Balaban J connectivity index is 1.99. The maximum atomic E-state index is 11.8. The van der Waals surface area contributed by atoms with Crippen LogP contribution in [-0.2, 0) is 16.0 Å². The van der Waals surface area contributed by atoms with E-state index in [2.05, 4.69) is 21.2 Å². The lowest BCUT2D eigenvalue weighted by molar-refractivity contribution is -0.141. The molecule has 1 fully saturated rings. The van der Waals surface area contributed by atoms with Crippen molar-refractivity contribution in [3.8, 4) is 0 Å². The third-order valence-electron chi connectivity index (χ3n) is 2.68. The van der Waals surface area contributed by atoms with Gasteiger partial charge in [0.25, 0.3) is 0 Å². The van der Waals surface area contributed by atoms with Crippen LogP contribution in [0, 0.1) is 0 Å². The lowest BCUT2D eigenvalue weighted by atomic mass is 10.1. The molecule has 0 aliphatic carbocycles. The zero-order valence-electron chi connectivity index (χ0n) is 9.43. The van der Waals surface area contributed by atoms with Crippen LogP contribution in [0.1, 0.15) is 5.56 Å². The zero-order valence-corrected chi connectivity index (χ0v) is 11.8. The molecule has 0 aromatic heterocycles. The molecule has 0 unspecified atom stereocenters. The molecule has 0 saturated carbocycles. The number of carboxylic acid groups (broad SMARTS) is 1. The summed E-state index contributed by atoms with van der Waals surface area (Å²) in [5.74, 6) is -0.755. The molecule has 1 heterocycles. The fraction of sp³-hybridized carbons (Fsp3) is 0.333. The van der Waals surface area contributed by atoms with E-state index in [1.54, 1.807) is 0 Å². The van der Waals surface area contributed by atoms with Gasteiger partial charge in [0.15, 0.2) is 0 Å². The summed E-state index contributed by atoms with van der Waals surface area (Å²) in [5, 5.41) is 11.2. The minimum atomic E-state index is -0.975. The van der Waals surface area contributed by atoms with Gasteiger partial charge in [0.2, 0.25) is 5.91 Å². The Bertz CT molecular complexity index is 480. The highest BCUT2D eigenvalue weighted by Gasteiger charge is 2.32. The lowest BCUT2D eigenvalue weighted by Crippen LogP contribution is -2.51. The number of carboxylic acids is 1. The van der Waals surface area contributed by atoms with Crippen molar-refractivity contribution in [2.24, 2.45) is 0 Å². The van der Waals surface area contributed by atoms with Gasteiger partial charge in [0, 0.05) is 10.2 Å². The average molecular weight is 330 g/mol. The summed E-state index contributed by atoms with van der Waals surface area (Å²) in [4.78, 5) is 22.6. The maximum absolute atomic E-state index is 11.8. The molecule has 1 aliphatic heterocycles. The first kappa shape index (κ1) is 13.4. The Hall–Kier alpha value is -1.01. The van der Waals surface area contributed by atoms with Crippen molar-refractivity contribution < 1.29 is 14.7 Å². The van der Waals surface area contributed by atoms with Crippen LogP contribution in [-0.4, -0.2) is 34.0 Å². The number of nitrogens with one attached hydrogen (secondary N) is 1. The second-order valence-electron chi connectivity index (χ2n) is 4.06. The van der Waals surface area contributed by atoms with Gasteiger partial charge in [-0.15, -0.1) is 11.8 Å². The Labute approximate surface area is 117 Å². The molecule has 1 aliphatic rings. The predicted molar refractivity (Wildman–Crippen MR) is 73.7 cm³/mol. The second-order valence-corrected chi connectivity index (χ2v) is 6.21. The molecule has 1 saturated heterocycles. The van der Waals surface area contributed by atoms with Gasteiger partial charge in [-0.1, -0.05) is 28.1 Å². The molecule has 2 atom stereocenters. The van der Waals surface area contributed by atoms with Gasteiger partial charge < -0.3 is 10.4 Å². The molecule has 1 aromatic carbocycles. The summed E-state index contributed by atoms with van der Waals surface area (Å²) in [5.41, 5.74) is 1.06. The first-order chi connectivity index (χ1) is 8.56. The summed E-state index contributed by atoms with van der Waals surface area (Å²) in [7, 11) is 0. The first-order valence-corrected chi connectivity index (χ1v) is 7.29. The molecule has 0 bridgehead atoms. The topological polar surface area (TPSA) is 66.4 Å². The predicted octanol–water partition coefficient (Wildman–Crippen LogP) is 1.68. The minimum Gasteiger partial charge on any atom is -0.480 e. The number of thioether (sulfide) groups is 1. The number of hydrogen-bond acceptors (Lipinski definition) is 3. The number of halogens is 1. The van der Waals surface area contributed by atoms with E-state index in [4.69, 9.17) is 5.11 Å². The van der Waals surface area contributed by atoms with E-state index in [9.17, 15) is 9.59 Å². The van der Waals surface area contributed by atoms with Gasteiger partial charge in [-0.05, 0) is 24.1 Å². The van der Waals surface area contributed by atoms with E-state index in [0.717, 1.165) is 10.0 Å². The van der Waals surface area contributed by atoms with Gasteiger partial charge in [-0.25, -0.2) is 4.79 Å². The van der Waals surface area contributed by atoms with Gasteiger partial charge in [-0.3, -0.25) is 4.79 Å². The molecule has 0 spiro atoms. The molecule has 6 heteroatoms. The number of hydrogen-bond donors (Lipinski definition) is 2. The minimum absolute atomic E-state index is 0.196. The number of benzene rings is 1. The van der Waals surface area contributed by atoms with E-state index < -0.39 is 12.0 Å². The molecule has 2 rings (SSSR count). The molecular formula is C12H12BrNO3S. The highest BCUT2D eigenvalue weighted by atomic mass is 79.9. The summed E-state index contributed by atoms with van der Waals surface area (Å²) in [6.07, 6.45) is 0.613. The second kappa shape index (κ2) is 5.75. The Morgan fingerprint density at radius 2 is 2.33 bits per heavy atom. The van der Waals surface area contributed by atoms with Crippen molar-refractivity contribution in [2.75, 3.05) is 5.75 Å². The van der Waals surface area contributed by atoms with E-state index in [0.29, 0.717) is 12.2 Å². The third-order valence-corrected chi connectivity index (χ3v) is 4.48. The quantitative estimate of drug-likeness (QED) is 0.885. The fourth-order valence-corrected chi connectivity index (χ4v) is 3.38. The molecule has 96 valence electrons. The van der Waals surface area contributed by atoms with Crippen molar-refractivity contribution >= 4 is 39.6 Å². The summed E-state index contributed by atoms with van der Waals surface area (Å²) >= 11 is 4.79. The van der Waals surface area contributed by atoms with Gasteiger partial charge >= 0.3 is 5.97 Å². The first-order valence-electron chi connectivity index (χ1n) is 5.45. The molecule has 2 N–H and O–H groups in total. The van der Waals surface area contributed by atoms with Crippen molar-refractivity contribution in [1.82, 2.24) is 5.32 Å². The molecule has 18 heavy (non-hydrogen) atoms. The lowest BCUT2D eigenvalue weighted by Gasteiger charge is -2.26. The fourth-order valence-electron chi connectivity index (χ4n) is 1.76. The Morgan fingerprint density at radius 3 is 2.94 bits per heavy atom. The Morgan fingerprint density at radius 1 is 1.56 bits per heavy atom. The van der Waals surface area contributed by atoms with Crippen LogP contribution in [0.15, 0.2) is 28.7 Å². The van der Waals surface area contributed by atoms with Gasteiger partial charge in [0.05, 0.1) is 5.25 Å². The Kier molecular flexibility index (Phi) is 4.29. The number of carbonyl (C=O) groups excluding carboxylic acids is 1. The SMILES string of the molecule is O=C(O)[C@@H]1CS[C@@H](Cc2cccc(Br)c2)C(=O)N1. The number of rotatable bonds is 3. The molecular weight excluding hydrogens is 318 g/mol. The van der Waals surface area contributed by atoms with Crippen LogP contribution in [0.3, 0.4) is 0 Å². The van der Waals surface area contributed by atoms with E-state index in [-0.39, 0.29) is 11.2 Å². The van der Waals surface area contributed by atoms with Crippen molar-refractivity contribution in [2.45, 2.75) is 17.7 Å². The third kappa shape index (κ3) is 3.26. The monoisotopic (exact) mass is 329 g/mol. The van der Waals surface area contributed by atoms with E-state index in [1.807, 2.05) is 24.3 Å². The van der Waals surface area contributed by atoms with Crippen LogP contribution in [0.2, 0.25) is 0 Å². The van der Waals surface area contributed by atoms with Crippen LogP contribution < -0.4 is 5.32 Å². The van der Waals surface area contributed by atoms with E-state index >= 15 is 0 Å². The van der Waals surface area contributed by atoms with Crippen LogP contribution >= 0.6 is 27.7 Å². The number of amides is 1. The molecule has 4 nitrogen and oxygen atoms in total. The van der Waals surface area contributed by atoms with Crippen LogP contribution in [0.5, 0.6) is 0 Å². The smallest absolute Gasteiger partial charge is 0.327 e. The average Bonchev–Trinajstić information content (AvgIpc) is 2.31.